The van der Waals surface area contributed by atoms with E-state index in [9.17, 15) is 9.18 Å². The zero-order valence-corrected chi connectivity index (χ0v) is 11.1. The normalized spacial score (nSPS) is 10.4. The minimum Gasteiger partial charge on any atom is -0.389 e. The summed E-state index contributed by atoms with van der Waals surface area (Å²) in [5.74, 6) is -0.897. The van der Waals surface area contributed by atoms with Gasteiger partial charge in [0.1, 0.15) is 10.8 Å². The highest BCUT2D eigenvalue weighted by molar-refractivity contribution is 7.80. The first-order valence-corrected chi connectivity index (χ1v) is 5.88. The Morgan fingerprint density at radius 1 is 1.44 bits per heavy atom. The van der Waals surface area contributed by atoms with Gasteiger partial charge in [0.2, 0.25) is 5.91 Å². The van der Waals surface area contributed by atoms with E-state index in [0.717, 1.165) is 0 Å². The van der Waals surface area contributed by atoms with Crippen molar-refractivity contribution in [1.82, 2.24) is 0 Å². The summed E-state index contributed by atoms with van der Waals surface area (Å²) in [6.45, 7) is 3.82. The van der Waals surface area contributed by atoms with E-state index in [1.54, 1.807) is 11.0 Å². The average molecular weight is 269 g/mol. The van der Waals surface area contributed by atoms with Gasteiger partial charge in [-0.3, -0.25) is 4.79 Å². The van der Waals surface area contributed by atoms with Gasteiger partial charge in [-0.05, 0) is 32.0 Å². The Morgan fingerprint density at radius 3 is 2.50 bits per heavy atom. The maximum absolute atomic E-state index is 13.2. The zero-order valence-electron chi connectivity index (χ0n) is 10.3. The van der Waals surface area contributed by atoms with Gasteiger partial charge in [0.25, 0.3) is 0 Å². The smallest absolute Gasteiger partial charge is 0.236 e. The molecule has 98 valence electrons. The monoisotopic (exact) mass is 269 g/mol. The van der Waals surface area contributed by atoms with Crippen LogP contribution in [-0.4, -0.2) is 23.5 Å². The van der Waals surface area contributed by atoms with E-state index in [1.165, 1.54) is 12.1 Å². The number of carbonyl (C=O) groups excluding carboxylic acids is 1. The maximum Gasteiger partial charge on any atom is 0.236 e. The van der Waals surface area contributed by atoms with Crippen LogP contribution in [0.5, 0.6) is 0 Å². The number of rotatable bonds is 5. The first kappa shape index (κ1) is 14.4. The third kappa shape index (κ3) is 3.40. The molecule has 1 amide bonds. The zero-order chi connectivity index (χ0) is 13.9. The van der Waals surface area contributed by atoms with Crippen molar-refractivity contribution in [1.29, 1.82) is 0 Å². The minimum absolute atomic E-state index is 0.0102. The van der Waals surface area contributed by atoms with Crippen LogP contribution in [0.2, 0.25) is 0 Å². The largest absolute Gasteiger partial charge is 0.389 e. The van der Waals surface area contributed by atoms with Crippen LogP contribution in [0.3, 0.4) is 0 Å². The van der Waals surface area contributed by atoms with E-state index in [2.05, 4.69) is 0 Å². The van der Waals surface area contributed by atoms with Crippen LogP contribution in [0.25, 0.3) is 0 Å². The third-order valence-electron chi connectivity index (χ3n) is 2.48. The summed E-state index contributed by atoms with van der Waals surface area (Å²) < 4.78 is 13.2. The van der Waals surface area contributed by atoms with E-state index in [0.29, 0.717) is 11.3 Å². The van der Waals surface area contributed by atoms with Crippen LogP contribution in [0.15, 0.2) is 18.2 Å². The molecule has 0 spiro atoms. The van der Waals surface area contributed by atoms with Crippen molar-refractivity contribution >= 4 is 28.8 Å². The number of thiocarbonyl (C=S) groups is 1. The number of nitrogens with two attached hydrogens (primary N) is 2. The first-order chi connectivity index (χ1) is 8.32. The second-order valence-electron chi connectivity index (χ2n) is 4.21. The van der Waals surface area contributed by atoms with Crippen LogP contribution in [-0.2, 0) is 4.79 Å². The molecule has 0 atom stereocenters. The maximum atomic E-state index is 13.2. The van der Waals surface area contributed by atoms with Crippen molar-refractivity contribution in [3.05, 3.63) is 29.6 Å². The van der Waals surface area contributed by atoms with Gasteiger partial charge in [-0.2, -0.15) is 0 Å². The van der Waals surface area contributed by atoms with Gasteiger partial charge in [0.05, 0.1) is 6.54 Å². The van der Waals surface area contributed by atoms with Gasteiger partial charge >= 0.3 is 0 Å². The number of benzene rings is 1. The van der Waals surface area contributed by atoms with Crippen molar-refractivity contribution in [2.75, 3.05) is 11.4 Å². The molecule has 1 rings (SSSR count). The predicted octanol–water partition coefficient (Wildman–Crippen LogP) is 1.16. The van der Waals surface area contributed by atoms with E-state index in [-0.39, 0.29) is 17.6 Å². The molecule has 0 saturated carbocycles. The molecular formula is C12H16FN3OS. The van der Waals surface area contributed by atoms with Crippen LogP contribution >= 0.6 is 12.2 Å². The summed E-state index contributed by atoms with van der Waals surface area (Å²) in [7, 11) is 0. The second-order valence-corrected chi connectivity index (χ2v) is 4.65. The topological polar surface area (TPSA) is 72.3 Å². The highest BCUT2D eigenvalue weighted by Crippen LogP contribution is 2.23. The van der Waals surface area contributed by atoms with Crippen molar-refractivity contribution in [2.45, 2.75) is 19.9 Å². The van der Waals surface area contributed by atoms with Crippen LogP contribution in [0, 0.1) is 5.82 Å². The Hall–Kier alpha value is -1.69. The number of hydrogen-bond donors (Lipinski definition) is 2. The molecule has 1 aromatic carbocycles. The van der Waals surface area contributed by atoms with Crippen molar-refractivity contribution in [3.8, 4) is 0 Å². The standard InChI is InChI=1S/C12H16FN3OS/c1-7(2)16(6-11(14)17)10-4-3-8(13)5-9(10)12(15)18/h3-5,7H,6H2,1-2H3,(H2,14,17)(H2,15,18). The molecule has 0 saturated heterocycles. The molecule has 18 heavy (non-hydrogen) atoms. The van der Waals surface area contributed by atoms with E-state index in [4.69, 9.17) is 23.7 Å². The lowest BCUT2D eigenvalue weighted by molar-refractivity contribution is -0.116. The molecule has 0 bridgehead atoms. The molecule has 0 heterocycles. The lowest BCUT2D eigenvalue weighted by atomic mass is 10.1. The molecule has 1 aromatic rings. The fourth-order valence-electron chi connectivity index (χ4n) is 1.67. The molecule has 0 fully saturated rings. The summed E-state index contributed by atoms with van der Waals surface area (Å²) in [5, 5.41) is 0. The summed E-state index contributed by atoms with van der Waals surface area (Å²) in [5.41, 5.74) is 11.8. The van der Waals surface area contributed by atoms with Crippen molar-refractivity contribution in [2.24, 2.45) is 11.5 Å². The second kappa shape index (κ2) is 5.77. The highest BCUT2D eigenvalue weighted by Gasteiger charge is 2.18. The third-order valence-corrected chi connectivity index (χ3v) is 2.70. The number of amides is 1. The number of anilines is 1. The Morgan fingerprint density at radius 2 is 2.06 bits per heavy atom. The summed E-state index contributed by atoms with van der Waals surface area (Å²) >= 11 is 4.90. The SMILES string of the molecule is CC(C)N(CC(N)=O)c1ccc(F)cc1C(N)=S. The summed E-state index contributed by atoms with van der Waals surface area (Å²) in [6.07, 6.45) is 0. The minimum atomic E-state index is -0.470. The number of halogens is 1. The summed E-state index contributed by atoms with van der Waals surface area (Å²) in [6, 6.07) is 4.12. The molecule has 0 aliphatic carbocycles. The molecule has 6 heteroatoms. The van der Waals surface area contributed by atoms with Gasteiger partial charge in [-0.25, -0.2) is 4.39 Å². The fourth-order valence-corrected chi connectivity index (χ4v) is 1.83. The van der Waals surface area contributed by atoms with E-state index >= 15 is 0 Å². The first-order valence-electron chi connectivity index (χ1n) is 5.47. The Labute approximate surface area is 111 Å². The lowest BCUT2D eigenvalue weighted by Gasteiger charge is -2.29. The fraction of sp³-hybridized carbons (Fsp3) is 0.333. The molecule has 0 aromatic heterocycles. The Bertz CT molecular complexity index is 476. The number of hydrogen-bond acceptors (Lipinski definition) is 3. The van der Waals surface area contributed by atoms with Gasteiger partial charge in [-0.1, -0.05) is 12.2 Å². The van der Waals surface area contributed by atoms with Gasteiger partial charge < -0.3 is 16.4 Å². The van der Waals surface area contributed by atoms with Crippen molar-refractivity contribution in [3.63, 3.8) is 0 Å². The lowest BCUT2D eigenvalue weighted by Crippen LogP contribution is -2.39. The van der Waals surface area contributed by atoms with Crippen LogP contribution in [0.1, 0.15) is 19.4 Å². The summed E-state index contributed by atoms with van der Waals surface area (Å²) in [4.78, 5) is 12.9. The molecule has 0 radical (unpaired) electrons. The van der Waals surface area contributed by atoms with Gasteiger partial charge in [-0.15, -0.1) is 0 Å². The molecule has 0 unspecified atom stereocenters. The Kier molecular flexibility index (Phi) is 4.61. The average Bonchev–Trinajstić information content (AvgIpc) is 2.25. The number of carbonyl (C=O) groups is 1. The van der Waals surface area contributed by atoms with Crippen molar-refractivity contribution < 1.29 is 9.18 Å². The molecule has 0 aliphatic heterocycles. The predicted molar refractivity (Wildman–Crippen MR) is 74.0 cm³/mol. The van der Waals surface area contributed by atoms with Gasteiger partial charge in [0.15, 0.2) is 0 Å². The highest BCUT2D eigenvalue weighted by atomic mass is 32.1. The van der Waals surface area contributed by atoms with E-state index in [1.807, 2.05) is 13.8 Å². The molecule has 4 N–H and O–H groups in total. The number of primary amides is 1. The van der Waals surface area contributed by atoms with Gasteiger partial charge in [0, 0.05) is 17.3 Å². The molecular weight excluding hydrogens is 253 g/mol. The Balaban J connectivity index is 3.27. The molecule has 4 nitrogen and oxygen atoms in total. The molecule has 0 aliphatic rings. The van der Waals surface area contributed by atoms with Crippen LogP contribution < -0.4 is 16.4 Å². The van der Waals surface area contributed by atoms with Crippen LogP contribution in [0.4, 0.5) is 10.1 Å². The van der Waals surface area contributed by atoms with E-state index < -0.39 is 11.7 Å². The quantitative estimate of drug-likeness (QED) is 0.787. The number of nitrogens with zero attached hydrogens (tertiary/aromatic N) is 1.